The van der Waals surface area contributed by atoms with Gasteiger partial charge in [-0.05, 0) is 13.0 Å². The van der Waals surface area contributed by atoms with Crippen LogP contribution in [-0.4, -0.2) is 41.5 Å². The molecule has 0 aromatic rings. The normalized spacial score (nSPS) is 26.3. The molecule has 0 radical (unpaired) electrons. The van der Waals surface area contributed by atoms with Gasteiger partial charge in [0.25, 0.3) is 0 Å². The van der Waals surface area contributed by atoms with Crippen LogP contribution in [0.1, 0.15) is 20.3 Å². The molecule has 1 fully saturated rings. The first-order chi connectivity index (χ1) is 6.77. The number of ether oxygens (including phenoxy) is 1. The molecule has 0 aliphatic carbocycles. The monoisotopic (exact) mass is 219 g/mol. The zero-order valence-corrected chi connectivity index (χ0v) is 9.94. The first-order valence-electron chi connectivity index (χ1n) is 5.44. The lowest BCUT2D eigenvalue weighted by Gasteiger charge is -2.22. The maximum Gasteiger partial charge on any atom is 0.0510 e. The second kappa shape index (κ2) is 6.53. The van der Waals surface area contributed by atoms with Gasteiger partial charge in [0.15, 0.2) is 0 Å². The van der Waals surface area contributed by atoms with Gasteiger partial charge in [0.05, 0.1) is 6.61 Å². The Balaban J connectivity index is 2.40. The van der Waals surface area contributed by atoms with E-state index < -0.39 is 10.8 Å². The molecule has 3 nitrogen and oxygen atoms in total. The summed E-state index contributed by atoms with van der Waals surface area (Å²) < 4.78 is 16.8. The second-order valence-corrected chi connectivity index (χ2v) is 5.47. The van der Waals surface area contributed by atoms with Crippen LogP contribution < -0.4 is 5.32 Å². The van der Waals surface area contributed by atoms with E-state index in [0.717, 1.165) is 37.7 Å². The first-order valence-corrected chi connectivity index (χ1v) is 6.92. The molecule has 0 amide bonds. The summed E-state index contributed by atoms with van der Waals surface area (Å²) in [6, 6.07) is 0.378. The maximum absolute atomic E-state index is 11.5. The molecule has 0 spiro atoms. The third-order valence-corrected chi connectivity index (χ3v) is 4.06. The van der Waals surface area contributed by atoms with E-state index in [0.29, 0.717) is 12.0 Å². The smallest absolute Gasteiger partial charge is 0.0510 e. The fraction of sp³-hybridized carbons (Fsp3) is 1.00. The molecule has 4 heteroatoms. The van der Waals surface area contributed by atoms with Crippen molar-refractivity contribution in [2.24, 2.45) is 5.92 Å². The Kier molecular flexibility index (Phi) is 5.67. The summed E-state index contributed by atoms with van der Waals surface area (Å²) in [6.07, 6.45) is 1.11. The summed E-state index contributed by atoms with van der Waals surface area (Å²) in [5.41, 5.74) is 0. The average Bonchev–Trinajstić information content (AvgIpc) is 2.69. The molecule has 1 saturated heterocycles. The van der Waals surface area contributed by atoms with Crippen LogP contribution in [0, 0.1) is 5.92 Å². The molecule has 0 aromatic heterocycles. The minimum atomic E-state index is -0.673. The summed E-state index contributed by atoms with van der Waals surface area (Å²) >= 11 is 0. The number of hydrogen-bond donors (Lipinski definition) is 1. The summed E-state index contributed by atoms with van der Waals surface area (Å²) in [4.78, 5) is 0. The van der Waals surface area contributed by atoms with Crippen molar-refractivity contribution < 1.29 is 8.95 Å². The van der Waals surface area contributed by atoms with Crippen molar-refractivity contribution in [1.82, 2.24) is 5.32 Å². The molecule has 84 valence electrons. The molecular weight excluding hydrogens is 198 g/mol. The van der Waals surface area contributed by atoms with E-state index in [1.54, 1.807) is 0 Å². The van der Waals surface area contributed by atoms with Crippen LogP contribution in [0.2, 0.25) is 0 Å². The van der Waals surface area contributed by atoms with Crippen molar-refractivity contribution in [2.75, 3.05) is 31.3 Å². The van der Waals surface area contributed by atoms with Crippen LogP contribution in [0.4, 0.5) is 0 Å². The molecule has 0 bridgehead atoms. The van der Waals surface area contributed by atoms with Crippen molar-refractivity contribution in [2.45, 2.75) is 26.3 Å². The molecule has 3 atom stereocenters. The van der Waals surface area contributed by atoms with Crippen LogP contribution in [0.15, 0.2) is 0 Å². The van der Waals surface area contributed by atoms with Gasteiger partial charge in [-0.2, -0.15) is 0 Å². The van der Waals surface area contributed by atoms with Gasteiger partial charge in [0, 0.05) is 40.9 Å². The highest BCUT2D eigenvalue weighted by Gasteiger charge is 2.26. The SMILES string of the molecule is CCNC(CS(=O)CC)C1CCOC1. The topological polar surface area (TPSA) is 38.3 Å². The highest BCUT2D eigenvalue weighted by molar-refractivity contribution is 7.84. The van der Waals surface area contributed by atoms with E-state index in [1.807, 2.05) is 6.92 Å². The van der Waals surface area contributed by atoms with E-state index in [9.17, 15) is 4.21 Å². The summed E-state index contributed by atoms with van der Waals surface area (Å²) in [5.74, 6) is 2.10. The molecular formula is C10H21NO2S. The number of hydrogen-bond acceptors (Lipinski definition) is 3. The van der Waals surface area contributed by atoms with E-state index >= 15 is 0 Å². The molecule has 1 rings (SSSR count). The highest BCUT2D eigenvalue weighted by Crippen LogP contribution is 2.17. The lowest BCUT2D eigenvalue weighted by Crippen LogP contribution is -2.41. The molecule has 1 N–H and O–H groups in total. The van der Waals surface area contributed by atoms with Gasteiger partial charge in [-0.25, -0.2) is 0 Å². The van der Waals surface area contributed by atoms with Crippen LogP contribution in [0.3, 0.4) is 0 Å². The minimum Gasteiger partial charge on any atom is -0.381 e. The molecule has 1 aliphatic rings. The lowest BCUT2D eigenvalue weighted by atomic mass is 10.0. The zero-order valence-electron chi connectivity index (χ0n) is 9.12. The summed E-state index contributed by atoms with van der Waals surface area (Å²) in [5, 5.41) is 3.42. The zero-order chi connectivity index (χ0) is 10.4. The molecule has 0 aromatic carbocycles. The fourth-order valence-corrected chi connectivity index (χ4v) is 2.84. The number of rotatable bonds is 6. The Hall–Kier alpha value is 0.0700. The van der Waals surface area contributed by atoms with Gasteiger partial charge < -0.3 is 10.1 Å². The predicted octanol–water partition coefficient (Wildman–Crippen LogP) is 0.770. The molecule has 1 aliphatic heterocycles. The summed E-state index contributed by atoms with van der Waals surface area (Å²) in [7, 11) is -0.673. The highest BCUT2D eigenvalue weighted by atomic mass is 32.2. The van der Waals surface area contributed by atoms with Gasteiger partial charge >= 0.3 is 0 Å². The van der Waals surface area contributed by atoms with Gasteiger partial charge in [-0.3, -0.25) is 4.21 Å². The van der Waals surface area contributed by atoms with Gasteiger partial charge in [-0.15, -0.1) is 0 Å². The molecule has 0 saturated carbocycles. The van der Waals surface area contributed by atoms with Crippen LogP contribution in [-0.2, 0) is 15.5 Å². The van der Waals surface area contributed by atoms with Crippen molar-refractivity contribution in [3.05, 3.63) is 0 Å². The van der Waals surface area contributed by atoms with Crippen LogP contribution in [0.5, 0.6) is 0 Å². The van der Waals surface area contributed by atoms with Gasteiger partial charge in [0.1, 0.15) is 0 Å². The van der Waals surface area contributed by atoms with Crippen LogP contribution in [0.25, 0.3) is 0 Å². The Morgan fingerprint density at radius 3 is 2.86 bits per heavy atom. The second-order valence-electron chi connectivity index (χ2n) is 3.68. The van der Waals surface area contributed by atoms with Gasteiger partial charge in [-0.1, -0.05) is 13.8 Å². The average molecular weight is 219 g/mol. The third kappa shape index (κ3) is 3.67. The third-order valence-electron chi connectivity index (χ3n) is 2.69. The van der Waals surface area contributed by atoms with Crippen LogP contribution >= 0.6 is 0 Å². The lowest BCUT2D eigenvalue weighted by molar-refractivity contribution is 0.179. The minimum absolute atomic E-state index is 0.378. The standard InChI is InChI=1S/C10H21NO2S/c1-3-11-10(8-14(12)4-2)9-5-6-13-7-9/h9-11H,3-8H2,1-2H3. The Bertz CT molecular complexity index is 181. The van der Waals surface area contributed by atoms with E-state index in [4.69, 9.17) is 4.74 Å². The Morgan fingerprint density at radius 1 is 1.57 bits per heavy atom. The maximum atomic E-state index is 11.5. The molecule has 14 heavy (non-hydrogen) atoms. The van der Waals surface area contributed by atoms with Crippen molar-refractivity contribution in [1.29, 1.82) is 0 Å². The van der Waals surface area contributed by atoms with Gasteiger partial charge in [0.2, 0.25) is 0 Å². The van der Waals surface area contributed by atoms with Crippen molar-refractivity contribution in [3.8, 4) is 0 Å². The first kappa shape index (κ1) is 12.1. The van der Waals surface area contributed by atoms with E-state index in [-0.39, 0.29) is 0 Å². The largest absolute Gasteiger partial charge is 0.381 e. The Morgan fingerprint density at radius 2 is 2.36 bits per heavy atom. The quantitative estimate of drug-likeness (QED) is 0.717. The van der Waals surface area contributed by atoms with Crippen molar-refractivity contribution >= 4 is 10.8 Å². The molecule has 1 heterocycles. The predicted molar refractivity (Wildman–Crippen MR) is 59.9 cm³/mol. The van der Waals surface area contributed by atoms with E-state index in [1.165, 1.54) is 0 Å². The fourth-order valence-electron chi connectivity index (χ4n) is 1.81. The van der Waals surface area contributed by atoms with Crippen molar-refractivity contribution in [3.63, 3.8) is 0 Å². The summed E-state index contributed by atoms with van der Waals surface area (Å²) in [6.45, 7) is 6.72. The van der Waals surface area contributed by atoms with E-state index in [2.05, 4.69) is 12.2 Å². The Labute approximate surface area is 89.1 Å². The molecule has 3 unspecified atom stereocenters. The number of nitrogens with one attached hydrogen (secondary N) is 1.